The minimum atomic E-state index is -1.09. The van der Waals surface area contributed by atoms with Crippen LogP contribution in [0.15, 0.2) is 107 Å². The maximum atomic E-state index is 15.2. The number of piperidine rings is 4. The third kappa shape index (κ3) is 12.6. The maximum absolute atomic E-state index is 15.2. The first-order valence-electron chi connectivity index (χ1n) is 30.3. The normalized spacial score (nSPS) is 17.0. The summed E-state index contributed by atoms with van der Waals surface area (Å²) in [5, 5.41) is 13.4. The van der Waals surface area contributed by atoms with Gasteiger partial charge in [0.15, 0.2) is 11.3 Å². The minimum absolute atomic E-state index is 0.0462. The van der Waals surface area contributed by atoms with E-state index in [4.69, 9.17) is 19.9 Å². The molecule has 1 amide bonds. The molecule has 2 N–H and O–H groups in total. The van der Waals surface area contributed by atoms with Crippen LogP contribution >= 0.6 is 0 Å². The highest BCUT2D eigenvalue weighted by atomic mass is 19.1. The summed E-state index contributed by atoms with van der Waals surface area (Å²) in [6, 6.07) is 23.6. The number of fused-ring (bicyclic) bond motifs is 2. The Morgan fingerprint density at radius 2 is 0.897 bits per heavy atom. The maximum Gasteiger partial charge on any atom is 0.335 e. The highest BCUT2D eigenvalue weighted by Crippen LogP contribution is 2.37. The molecule has 4 aliphatic rings. The summed E-state index contributed by atoms with van der Waals surface area (Å²) in [6.07, 6.45) is 8.57. The zero-order chi connectivity index (χ0) is 61.4. The molecule has 4 aromatic heterocycles. The molecule has 4 aliphatic heterocycles. The number of amides is 1. The number of halogens is 4. The summed E-state index contributed by atoms with van der Waals surface area (Å²) in [4.78, 5) is 80.2. The van der Waals surface area contributed by atoms with E-state index in [9.17, 15) is 24.3 Å². The summed E-state index contributed by atoms with van der Waals surface area (Å²) in [5.74, 6) is -2.60. The number of carbonyl (C=O) groups excluding carboxylic acids is 1. The van der Waals surface area contributed by atoms with Gasteiger partial charge in [-0.25, -0.2) is 32.3 Å². The van der Waals surface area contributed by atoms with Gasteiger partial charge in [-0.05, 0) is 189 Å². The van der Waals surface area contributed by atoms with Crippen molar-refractivity contribution in [2.24, 2.45) is 11.8 Å². The molecule has 4 aromatic carbocycles. The molecule has 0 unspecified atom stereocenters. The van der Waals surface area contributed by atoms with Crippen molar-refractivity contribution in [2.75, 3.05) is 62.2 Å². The summed E-state index contributed by atoms with van der Waals surface area (Å²) in [6.45, 7) is 19.4. The Bertz CT molecular complexity index is 3990. The number of aromatic nitrogens is 6. The first-order valence-corrected chi connectivity index (χ1v) is 30.3. The van der Waals surface area contributed by atoms with Crippen molar-refractivity contribution in [3.63, 3.8) is 0 Å². The van der Waals surface area contributed by atoms with Gasteiger partial charge in [0.25, 0.3) is 17.0 Å². The van der Waals surface area contributed by atoms with E-state index in [1.54, 1.807) is 24.3 Å². The van der Waals surface area contributed by atoms with Crippen LogP contribution in [0.25, 0.3) is 56.0 Å². The number of likely N-dealkylation sites (tertiary alicyclic amines) is 2. The number of carboxylic acid groups (broad SMARTS) is 1. The smallest absolute Gasteiger partial charge is 0.335 e. The lowest BCUT2D eigenvalue weighted by Gasteiger charge is -2.41. The molecule has 8 aromatic rings. The van der Waals surface area contributed by atoms with Crippen LogP contribution < -0.4 is 26.2 Å². The van der Waals surface area contributed by atoms with E-state index in [-0.39, 0.29) is 28.8 Å². The molecule has 87 heavy (non-hydrogen) atoms. The van der Waals surface area contributed by atoms with Crippen molar-refractivity contribution in [2.45, 2.75) is 111 Å². The van der Waals surface area contributed by atoms with Crippen molar-refractivity contribution >= 4 is 45.8 Å². The fourth-order valence-electron chi connectivity index (χ4n) is 12.8. The number of hydrogen-bond donors (Lipinski definition) is 2. The summed E-state index contributed by atoms with van der Waals surface area (Å²) in [5.41, 5.74) is 2.17. The van der Waals surface area contributed by atoms with Gasteiger partial charge in [0.2, 0.25) is 11.9 Å². The van der Waals surface area contributed by atoms with Crippen molar-refractivity contribution in [3.8, 4) is 33.9 Å². The van der Waals surface area contributed by atoms with E-state index in [2.05, 4.69) is 33.9 Å². The van der Waals surface area contributed by atoms with Crippen molar-refractivity contribution < 1.29 is 32.3 Å². The third-order valence-electron chi connectivity index (χ3n) is 17.9. The molecule has 0 bridgehead atoms. The van der Waals surface area contributed by atoms with E-state index < -0.39 is 51.7 Å². The van der Waals surface area contributed by atoms with Crippen LogP contribution in [0.1, 0.15) is 111 Å². The van der Waals surface area contributed by atoms with Crippen LogP contribution in [0, 0.1) is 49.0 Å². The molecule has 4 fully saturated rings. The molecule has 0 aliphatic carbocycles. The third-order valence-corrected chi connectivity index (χ3v) is 17.9. The number of rotatable bonds is 11. The number of aryl methyl sites for hydroxylation is 2. The number of para-hydroxylation sites is 2. The average molecular weight is 1190 g/mol. The standard InChI is InChI=1S/C35H40F2N6O2.C32H33F2N5O3/c1-21(2)38-34(45)24-9-8-23(4)27(20-24)31-26-10-11-30(44)43(32-28(36)6-5-7-29(32)37)33(26)40-35(39-31)42-18-14-25(15-19-42)41-16-12-22(3)13-17-41;1-19-10-14-37(15-11-19)22-12-16-38(17-13-22)32-35-28(24-18-21(31(41)42)7-6-20(24)2)23-8-9-27(40)39(30(23)36-32)29-25(33)4-3-5-26(29)34/h5-11,20-22,25H,12-19H2,1-4H3,(H,38,45);3-9,18-19,22H,10-17H2,1-2H3,(H,41,42). The second-order valence-corrected chi connectivity index (χ2v) is 24.2. The highest BCUT2D eigenvalue weighted by molar-refractivity contribution is 5.99. The number of aromatic carboxylic acids is 1. The summed E-state index contributed by atoms with van der Waals surface area (Å²) < 4.78 is 62.4. The van der Waals surface area contributed by atoms with Crippen LogP contribution in [0.5, 0.6) is 0 Å². The second kappa shape index (κ2) is 25.5. The van der Waals surface area contributed by atoms with Crippen molar-refractivity contribution in [1.82, 2.24) is 44.2 Å². The first-order chi connectivity index (χ1) is 41.8. The van der Waals surface area contributed by atoms with Gasteiger partial charge in [-0.3, -0.25) is 23.5 Å². The molecule has 12 rings (SSSR count). The fraction of sp³-hybridized carbons (Fsp3) is 0.403. The number of benzene rings is 4. The number of carboxylic acids is 1. The monoisotopic (exact) mass is 1190 g/mol. The summed E-state index contributed by atoms with van der Waals surface area (Å²) >= 11 is 0. The van der Waals surface area contributed by atoms with Gasteiger partial charge in [-0.1, -0.05) is 38.1 Å². The Balaban J connectivity index is 0.000000181. The Kier molecular flexibility index (Phi) is 17.7. The second-order valence-electron chi connectivity index (χ2n) is 24.2. The van der Waals surface area contributed by atoms with Crippen LogP contribution in [-0.4, -0.2) is 126 Å². The molecular formula is C67H73F4N11O5. The molecule has 16 nitrogen and oxygen atoms in total. The van der Waals surface area contributed by atoms with Gasteiger partial charge < -0.3 is 30.0 Å². The lowest BCUT2D eigenvalue weighted by Crippen LogP contribution is -2.48. The first kappa shape index (κ1) is 60.3. The fourth-order valence-corrected chi connectivity index (χ4v) is 12.8. The Labute approximate surface area is 502 Å². The zero-order valence-corrected chi connectivity index (χ0v) is 50.0. The molecule has 0 saturated carbocycles. The van der Waals surface area contributed by atoms with E-state index in [0.717, 1.165) is 108 Å². The number of hydrogen-bond acceptors (Lipinski definition) is 12. The van der Waals surface area contributed by atoms with Gasteiger partial charge in [0.05, 0.1) is 17.0 Å². The van der Waals surface area contributed by atoms with E-state index >= 15 is 17.6 Å². The number of nitrogens with one attached hydrogen (secondary N) is 1. The van der Waals surface area contributed by atoms with Gasteiger partial charge in [0.1, 0.15) is 34.6 Å². The molecule has 8 heterocycles. The highest BCUT2D eigenvalue weighted by Gasteiger charge is 2.32. The number of carbonyl (C=O) groups is 2. The van der Waals surface area contributed by atoms with Gasteiger partial charge >= 0.3 is 5.97 Å². The Morgan fingerprint density at radius 3 is 1.28 bits per heavy atom. The number of nitrogens with zero attached hydrogens (tertiary/aromatic N) is 10. The van der Waals surface area contributed by atoms with E-state index in [0.29, 0.717) is 89.0 Å². The topological polar surface area (TPSA) is 175 Å². The zero-order valence-electron chi connectivity index (χ0n) is 50.0. The van der Waals surface area contributed by atoms with Gasteiger partial charge in [-0.15, -0.1) is 0 Å². The molecule has 0 radical (unpaired) electrons. The lowest BCUT2D eigenvalue weighted by atomic mass is 9.95. The summed E-state index contributed by atoms with van der Waals surface area (Å²) in [7, 11) is 0. The van der Waals surface area contributed by atoms with Crippen LogP contribution in [0.4, 0.5) is 29.5 Å². The minimum Gasteiger partial charge on any atom is -0.478 e. The Hall–Kier alpha value is -8.36. The Morgan fingerprint density at radius 1 is 0.517 bits per heavy atom. The number of pyridine rings is 2. The predicted molar refractivity (Wildman–Crippen MR) is 330 cm³/mol. The molecule has 454 valence electrons. The molecule has 20 heteroatoms. The molecule has 4 saturated heterocycles. The SMILES string of the molecule is Cc1ccc(C(=O)NC(C)C)cc1-c1nc(N2CCC(N3CCC(C)CC3)CC2)nc2c1ccc(=O)n2-c1c(F)cccc1F.Cc1ccc(C(=O)O)cc1-c1nc(N2CCC(N3CCC(C)CC3)CC2)nc2c1ccc(=O)n2-c1c(F)cccc1F. The van der Waals surface area contributed by atoms with Crippen LogP contribution in [-0.2, 0) is 0 Å². The van der Waals surface area contributed by atoms with Crippen molar-refractivity contribution in [3.05, 3.63) is 163 Å². The van der Waals surface area contributed by atoms with Gasteiger partial charge in [0, 0.05) is 83.9 Å². The molecule has 0 atom stereocenters. The van der Waals surface area contributed by atoms with E-state index in [1.807, 2.05) is 38.7 Å². The van der Waals surface area contributed by atoms with Crippen LogP contribution in [0.2, 0.25) is 0 Å². The average Bonchev–Trinajstić information content (AvgIpc) is 1.06. The predicted octanol–water partition coefficient (Wildman–Crippen LogP) is 11.3. The quantitative estimate of drug-likeness (QED) is 0.117. The molecule has 0 spiro atoms. The molecular weight excluding hydrogens is 1110 g/mol. The number of anilines is 2. The van der Waals surface area contributed by atoms with Gasteiger partial charge in [-0.2, -0.15) is 9.97 Å². The van der Waals surface area contributed by atoms with Crippen molar-refractivity contribution in [1.29, 1.82) is 0 Å². The van der Waals surface area contributed by atoms with Crippen LogP contribution in [0.3, 0.4) is 0 Å². The largest absolute Gasteiger partial charge is 0.478 e. The van der Waals surface area contributed by atoms with E-state index in [1.165, 1.54) is 68.1 Å². The lowest BCUT2D eigenvalue weighted by molar-refractivity contribution is 0.0696.